The Morgan fingerprint density at radius 1 is 1.20 bits per heavy atom. The number of rotatable bonds is 5. The molecule has 30 heavy (non-hydrogen) atoms. The largest absolute Gasteiger partial charge is 0.462 e. The van der Waals surface area contributed by atoms with Crippen molar-refractivity contribution in [1.29, 1.82) is 0 Å². The van der Waals surface area contributed by atoms with Gasteiger partial charge in [-0.1, -0.05) is 37.3 Å². The first-order valence-corrected chi connectivity index (χ1v) is 9.51. The van der Waals surface area contributed by atoms with Crippen molar-refractivity contribution in [1.82, 2.24) is 5.32 Å². The number of furan rings is 1. The normalized spacial score (nSPS) is 28.2. The van der Waals surface area contributed by atoms with Crippen molar-refractivity contribution in [2.75, 3.05) is 7.11 Å². The van der Waals surface area contributed by atoms with Crippen LogP contribution in [-0.4, -0.2) is 47.1 Å². The number of aliphatic hydroxyl groups excluding tert-OH is 1. The Balaban J connectivity index is 1.76. The van der Waals surface area contributed by atoms with E-state index in [1.165, 1.54) is 26.2 Å². The smallest absolute Gasteiger partial charge is 0.279 e. The molecule has 3 atom stereocenters. The molecule has 8 heteroatoms. The van der Waals surface area contributed by atoms with Crippen LogP contribution in [0.25, 0.3) is 5.76 Å². The second-order valence-electron chi connectivity index (χ2n) is 7.23. The molecule has 1 saturated heterocycles. The van der Waals surface area contributed by atoms with E-state index in [0.29, 0.717) is 12.2 Å². The zero-order valence-corrected chi connectivity index (χ0v) is 16.7. The van der Waals surface area contributed by atoms with E-state index in [9.17, 15) is 19.5 Å². The summed E-state index contributed by atoms with van der Waals surface area (Å²) in [6, 6.07) is 11.4. The van der Waals surface area contributed by atoms with Gasteiger partial charge in [0.25, 0.3) is 11.5 Å². The van der Waals surface area contributed by atoms with Crippen LogP contribution in [0.4, 0.5) is 0 Å². The second kappa shape index (κ2) is 6.93. The van der Waals surface area contributed by atoms with Gasteiger partial charge < -0.3 is 24.3 Å². The number of ether oxygens (including phenoxy) is 2. The van der Waals surface area contributed by atoms with Gasteiger partial charge in [-0.15, -0.1) is 0 Å². The average molecular weight is 411 g/mol. The minimum Gasteiger partial charge on any atom is -0.462 e. The lowest BCUT2D eigenvalue weighted by atomic mass is 9.85. The molecule has 156 valence electrons. The average Bonchev–Trinajstić information content (AvgIpc) is 3.41. The fraction of sp³-hybridized carbons (Fsp3) is 0.318. The van der Waals surface area contributed by atoms with Crippen molar-refractivity contribution in [2.24, 2.45) is 0 Å². The van der Waals surface area contributed by atoms with Gasteiger partial charge in [0.1, 0.15) is 5.76 Å². The number of methoxy groups -OCH3 is 1. The minimum atomic E-state index is -2.35. The van der Waals surface area contributed by atoms with E-state index in [0.717, 1.165) is 0 Å². The first kappa shape index (κ1) is 20.1. The number of carbonyl (C=O) groups excluding carboxylic acids is 3. The topological polar surface area (TPSA) is 115 Å². The Morgan fingerprint density at radius 2 is 1.90 bits per heavy atom. The third kappa shape index (κ3) is 2.50. The maximum Gasteiger partial charge on any atom is 0.279 e. The van der Waals surface area contributed by atoms with Gasteiger partial charge in [-0.2, -0.15) is 0 Å². The van der Waals surface area contributed by atoms with Gasteiger partial charge in [-0.25, -0.2) is 0 Å². The van der Waals surface area contributed by atoms with Crippen molar-refractivity contribution >= 4 is 23.2 Å². The van der Waals surface area contributed by atoms with E-state index < -0.39 is 34.9 Å². The van der Waals surface area contributed by atoms with Gasteiger partial charge in [-0.05, 0) is 19.1 Å². The predicted octanol–water partition coefficient (Wildman–Crippen LogP) is 1.63. The lowest BCUT2D eigenvalue weighted by Gasteiger charge is -2.32. The van der Waals surface area contributed by atoms with Crippen molar-refractivity contribution in [3.8, 4) is 0 Å². The van der Waals surface area contributed by atoms with E-state index in [-0.39, 0.29) is 22.7 Å². The SMILES string of the molecule is CCc1ccc(C2=C(C)C(=O)C3(O2)C(=O)N[C@@](OC)(C(=O)c2ccccc2)[C@H]3O)o1. The molecule has 2 aromatic rings. The van der Waals surface area contributed by atoms with E-state index >= 15 is 0 Å². The first-order valence-electron chi connectivity index (χ1n) is 9.51. The van der Waals surface area contributed by atoms with Crippen LogP contribution in [0.2, 0.25) is 0 Å². The van der Waals surface area contributed by atoms with Crippen molar-refractivity contribution in [3.05, 3.63) is 65.1 Å². The van der Waals surface area contributed by atoms with Crippen molar-refractivity contribution < 1.29 is 33.4 Å². The van der Waals surface area contributed by atoms with Gasteiger partial charge in [0.05, 0.1) is 0 Å². The van der Waals surface area contributed by atoms with Crippen molar-refractivity contribution in [2.45, 2.75) is 37.7 Å². The highest BCUT2D eigenvalue weighted by Crippen LogP contribution is 2.45. The molecule has 2 aliphatic heterocycles. The van der Waals surface area contributed by atoms with E-state index in [1.54, 1.807) is 30.3 Å². The number of ketones is 2. The minimum absolute atomic E-state index is 0.0490. The molecule has 1 fully saturated rings. The van der Waals surface area contributed by atoms with Crippen molar-refractivity contribution in [3.63, 3.8) is 0 Å². The van der Waals surface area contributed by atoms with Gasteiger partial charge in [-0.3, -0.25) is 14.4 Å². The molecule has 2 N–H and O–H groups in total. The van der Waals surface area contributed by atoms with Gasteiger partial charge in [0.15, 0.2) is 17.6 Å². The highest BCUT2D eigenvalue weighted by Gasteiger charge is 2.74. The number of hydrogen-bond acceptors (Lipinski definition) is 7. The fourth-order valence-electron chi connectivity index (χ4n) is 3.90. The lowest BCUT2D eigenvalue weighted by molar-refractivity contribution is -0.156. The van der Waals surface area contributed by atoms with Crippen LogP contribution in [-0.2, 0) is 25.5 Å². The fourth-order valence-corrected chi connectivity index (χ4v) is 3.90. The Hall–Kier alpha value is -3.23. The summed E-state index contributed by atoms with van der Waals surface area (Å²) in [5.41, 5.74) is -4.22. The Kier molecular flexibility index (Phi) is 4.63. The maximum absolute atomic E-state index is 13.2. The summed E-state index contributed by atoms with van der Waals surface area (Å²) >= 11 is 0. The Bertz CT molecular complexity index is 1070. The van der Waals surface area contributed by atoms with Crippen LogP contribution in [0.15, 0.2) is 52.5 Å². The number of amides is 1. The number of benzene rings is 1. The van der Waals surface area contributed by atoms with Crippen LogP contribution in [0, 0.1) is 0 Å². The van der Waals surface area contributed by atoms with Gasteiger partial charge in [0, 0.05) is 24.7 Å². The molecule has 0 aliphatic carbocycles. The molecule has 0 bridgehead atoms. The highest BCUT2D eigenvalue weighted by molar-refractivity contribution is 6.25. The molecule has 0 radical (unpaired) electrons. The van der Waals surface area contributed by atoms with Gasteiger partial charge in [0.2, 0.25) is 17.3 Å². The summed E-state index contributed by atoms with van der Waals surface area (Å²) in [6.45, 7) is 3.38. The standard InChI is InChI=1S/C22H21NO7/c1-4-14-10-11-15(29-14)16-12(2)17(24)21(30-16)19(26)22(28-3,23-20(21)27)18(25)13-8-6-5-7-9-13/h5-11,19,26H,4H2,1-3H3,(H,23,27)/t19-,21?,22+/m0/s1. The summed E-state index contributed by atoms with van der Waals surface area (Å²) < 4.78 is 16.8. The quantitative estimate of drug-likeness (QED) is 0.568. The third-order valence-electron chi connectivity index (χ3n) is 5.62. The van der Waals surface area contributed by atoms with Crippen LogP contribution in [0.3, 0.4) is 0 Å². The van der Waals surface area contributed by atoms with E-state index in [4.69, 9.17) is 13.9 Å². The van der Waals surface area contributed by atoms with Crippen LogP contribution in [0.1, 0.15) is 35.7 Å². The molecule has 1 amide bonds. The number of aliphatic hydroxyl groups is 1. The Morgan fingerprint density at radius 3 is 2.50 bits per heavy atom. The molecular formula is C22H21NO7. The summed E-state index contributed by atoms with van der Waals surface area (Å²) in [4.78, 5) is 39.3. The summed E-state index contributed by atoms with van der Waals surface area (Å²) in [5.74, 6) is -1.42. The van der Waals surface area contributed by atoms with E-state index in [1.807, 2.05) is 6.92 Å². The lowest BCUT2D eigenvalue weighted by Crippen LogP contribution is -2.60. The molecular weight excluding hydrogens is 390 g/mol. The Labute approximate surface area is 172 Å². The zero-order chi connectivity index (χ0) is 21.7. The summed E-state index contributed by atoms with van der Waals surface area (Å²) in [6.07, 6.45) is -1.30. The number of carbonyl (C=O) groups is 3. The van der Waals surface area contributed by atoms with Crippen LogP contribution in [0.5, 0.6) is 0 Å². The molecule has 1 unspecified atom stereocenters. The molecule has 0 saturated carbocycles. The molecule has 4 rings (SSSR count). The number of nitrogens with one attached hydrogen (secondary N) is 1. The van der Waals surface area contributed by atoms with Crippen LogP contribution >= 0.6 is 0 Å². The molecule has 8 nitrogen and oxygen atoms in total. The number of hydrogen-bond donors (Lipinski definition) is 2. The maximum atomic E-state index is 13.2. The predicted molar refractivity (Wildman–Crippen MR) is 104 cm³/mol. The third-order valence-corrected chi connectivity index (χ3v) is 5.62. The molecule has 1 aromatic heterocycles. The summed E-state index contributed by atoms with van der Waals surface area (Å²) in [7, 11) is 1.17. The molecule has 2 aliphatic rings. The van der Waals surface area contributed by atoms with E-state index in [2.05, 4.69) is 5.32 Å². The summed E-state index contributed by atoms with van der Waals surface area (Å²) in [5, 5.41) is 13.5. The number of Topliss-reactive ketones (excluding diaryl/α,β-unsaturated/α-hetero) is 2. The monoisotopic (exact) mass is 411 g/mol. The van der Waals surface area contributed by atoms with Gasteiger partial charge >= 0.3 is 0 Å². The zero-order valence-electron chi connectivity index (χ0n) is 16.7. The molecule has 1 spiro atoms. The van der Waals surface area contributed by atoms with Crippen LogP contribution < -0.4 is 5.32 Å². The number of aryl methyl sites for hydroxylation is 1. The second-order valence-corrected chi connectivity index (χ2v) is 7.23. The highest BCUT2D eigenvalue weighted by atomic mass is 16.6. The molecule has 3 heterocycles. The first-order chi connectivity index (χ1) is 14.3. The molecule has 1 aromatic carbocycles.